The molecule has 16 heavy (non-hydrogen) atoms. The lowest BCUT2D eigenvalue weighted by Gasteiger charge is -2.43. The molecule has 2 nitrogen and oxygen atoms in total. The van der Waals surface area contributed by atoms with Crippen LogP contribution in [0.4, 0.5) is 0 Å². The smallest absolute Gasteiger partial charge is 0.0570 e. The molecule has 1 N–H and O–H groups in total. The lowest BCUT2D eigenvalue weighted by atomic mass is 9.88. The van der Waals surface area contributed by atoms with E-state index in [0.717, 1.165) is 30.2 Å². The fourth-order valence-electron chi connectivity index (χ4n) is 2.19. The Morgan fingerprint density at radius 1 is 1.38 bits per heavy atom. The van der Waals surface area contributed by atoms with Gasteiger partial charge >= 0.3 is 0 Å². The van der Waals surface area contributed by atoms with Crippen molar-refractivity contribution in [3.8, 4) is 0 Å². The Balaban J connectivity index is 2.41. The van der Waals surface area contributed by atoms with E-state index in [0.29, 0.717) is 5.02 Å². The summed E-state index contributed by atoms with van der Waals surface area (Å²) in [6, 6.07) is 5.73. The number of halogens is 2. The summed E-state index contributed by atoms with van der Waals surface area (Å²) in [4.78, 5) is 2.33. The molecule has 2 rings (SSSR count). The van der Waals surface area contributed by atoms with E-state index in [-0.39, 0.29) is 5.54 Å². The van der Waals surface area contributed by atoms with Gasteiger partial charge in [0.05, 0.1) is 5.54 Å². The van der Waals surface area contributed by atoms with Crippen molar-refractivity contribution in [2.45, 2.75) is 12.5 Å². The largest absolute Gasteiger partial charge is 0.313 e. The number of hydrogen-bond donors (Lipinski definition) is 1. The van der Waals surface area contributed by atoms with E-state index in [1.165, 1.54) is 0 Å². The fourth-order valence-corrected chi connectivity index (χ4v) is 2.80. The second kappa shape index (κ2) is 4.53. The molecule has 1 atom stereocenters. The number of nitrogens with zero attached hydrogens (tertiary/aromatic N) is 1. The van der Waals surface area contributed by atoms with Crippen LogP contribution in [0.15, 0.2) is 18.2 Å². The monoisotopic (exact) mass is 258 g/mol. The lowest BCUT2D eigenvalue weighted by Crippen LogP contribution is -2.55. The highest BCUT2D eigenvalue weighted by atomic mass is 35.5. The van der Waals surface area contributed by atoms with E-state index in [4.69, 9.17) is 23.2 Å². The molecule has 0 aromatic heterocycles. The summed E-state index contributed by atoms with van der Waals surface area (Å²) in [5, 5.41) is 4.84. The molecule has 1 heterocycles. The van der Waals surface area contributed by atoms with Crippen molar-refractivity contribution in [2.24, 2.45) is 0 Å². The van der Waals surface area contributed by atoms with Gasteiger partial charge in [-0.1, -0.05) is 29.3 Å². The summed E-state index contributed by atoms with van der Waals surface area (Å²) < 4.78 is 0. The first-order valence-electron chi connectivity index (χ1n) is 5.41. The number of benzene rings is 1. The van der Waals surface area contributed by atoms with Gasteiger partial charge in [-0.3, -0.25) is 4.90 Å². The van der Waals surface area contributed by atoms with Crippen LogP contribution in [0.1, 0.15) is 12.5 Å². The predicted molar refractivity (Wildman–Crippen MR) is 69.3 cm³/mol. The quantitative estimate of drug-likeness (QED) is 0.834. The van der Waals surface area contributed by atoms with Crippen LogP contribution < -0.4 is 5.32 Å². The number of rotatable bonds is 1. The topological polar surface area (TPSA) is 15.3 Å². The second-order valence-electron chi connectivity index (χ2n) is 4.50. The van der Waals surface area contributed by atoms with Crippen molar-refractivity contribution in [1.82, 2.24) is 10.2 Å². The molecule has 0 amide bonds. The Morgan fingerprint density at radius 2 is 2.12 bits per heavy atom. The molecule has 0 saturated carbocycles. The summed E-state index contributed by atoms with van der Waals surface area (Å²) in [7, 11) is 2.13. The van der Waals surface area contributed by atoms with E-state index < -0.39 is 0 Å². The highest BCUT2D eigenvalue weighted by Gasteiger charge is 2.35. The highest BCUT2D eigenvalue weighted by molar-refractivity contribution is 6.35. The van der Waals surface area contributed by atoms with Gasteiger partial charge in [-0.15, -0.1) is 0 Å². The van der Waals surface area contributed by atoms with Crippen LogP contribution in [0.5, 0.6) is 0 Å². The molecule has 1 aromatic rings. The Labute approximate surface area is 107 Å². The first kappa shape index (κ1) is 12.2. The standard InChI is InChI=1S/C12H16Cl2N2/c1-12(8-15-5-6-16(12)2)10-4-3-9(13)7-11(10)14/h3-4,7,15H,5-6,8H2,1-2H3. The molecule has 1 unspecified atom stereocenters. The average molecular weight is 259 g/mol. The van der Waals surface area contributed by atoms with Gasteiger partial charge in [-0.2, -0.15) is 0 Å². The van der Waals surface area contributed by atoms with Gasteiger partial charge in [0.2, 0.25) is 0 Å². The molecule has 88 valence electrons. The van der Waals surface area contributed by atoms with Crippen molar-refractivity contribution in [2.75, 3.05) is 26.7 Å². The maximum absolute atomic E-state index is 6.28. The molecular formula is C12H16Cl2N2. The van der Waals surface area contributed by atoms with Gasteiger partial charge in [-0.05, 0) is 31.7 Å². The van der Waals surface area contributed by atoms with Crippen LogP contribution in [0.25, 0.3) is 0 Å². The normalized spacial score (nSPS) is 27.0. The first-order valence-corrected chi connectivity index (χ1v) is 6.17. The molecule has 0 bridgehead atoms. The Bertz CT molecular complexity index is 395. The van der Waals surface area contributed by atoms with E-state index in [9.17, 15) is 0 Å². The minimum Gasteiger partial charge on any atom is -0.313 e. The van der Waals surface area contributed by atoms with Crippen LogP contribution in [-0.4, -0.2) is 31.6 Å². The zero-order chi connectivity index (χ0) is 11.8. The zero-order valence-corrected chi connectivity index (χ0v) is 11.1. The van der Waals surface area contributed by atoms with Gasteiger partial charge < -0.3 is 5.32 Å². The third kappa shape index (κ3) is 2.07. The molecule has 4 heteroatoms. The van der Waals surface area contributed by atoms with Gasteiger partial charge in [0.1, 0.15) is 0 Å². The number of piperazine rings is 1. The summed E-state index contributed by atoms with van der Waals surface area (Å²) in [6.45, 7) is 5.16. The summed E-state index contributed by atoms with van der Waals surface area (Å²) >= 11 is 12.2. The number of likely N-dealkylation sites (N-methyl/N-ethyl adjacent to an activating group) is 1. The van der Waals surface area contributed by atoms with Gasteiger partial charge in [0.15, 0.2) is 0 Å². The number of nitrogens with one attached hydrogen (secondary N) is 1. The molecule has 1 aromatic carbocycles. The van der Waals surface area contributed by atoms with Gasteiger partial charge in [0, 0.05) is 29.7 Å². The lowest BCUT2D eigenvalue weighted by molar-refractivity contribution is 0.104. The highest BCUT2D eigenvalue weighted by Crippen LogP contribution is 2.34. The summed E-state index contributed by atoms with van der Waals surface area (Å²) in [5.41, 5.74) is 1.08. The van der Waals surface area contributed by atoms with Crippen molar-refractivity contribution in [3.05, 3.63) is 33.8 Å². The molecular weight excluding hydrogens is 243 g/mol. The van der Waals surface area contributed by atoms with Crippen molar-refractivity contribution < 1.29 is 0 Å². The van der Waals surface area contributed by atoms with Crippen molar-refractivity contribution in [1.29, 1.82) is 0 Å². The fraction of sp³-hybridized carbons (Fsp3) is 0.500. The van der Waals surface area contributed by atoms with Gasteiger partial charge in [0.25, 0.3) is 0 Å². The molecule has 1 aliphatic heterocycles. The molecule has 0 radical (unpaired) electrons. The maximum atomic E-state index is 6.28. The number of hydrogen-bond acceptors (Lipinski definition) is 2. The third-order valence-corrected chi connectivity index (χ3v) is 3.99. The third-order valence-electron chi connectivity index (χ3n) is 3.45. The van der Waals surface area contributed by atoms with E-state index in [1.54, 1.807) is 0 Å². The van der Waals surface area contributed by atoms with Crippen molar-refractivity contribution >= 4 is 23.2 Å². The Morgan fingerprint density at radius 3 is 2.75 bits per heavy atom. The minimum absolute atomic E-state index is 0.0556. The molecule has 1 fully saturated rings. The van der Waals surface area contributed by atoms with Gasteiger partial charge in [-0.25, -0.2) is 0 Å². The SMILES string of the molecule is CN1CCNCC1(C)c1ccc(Cl)cc1Cl. The molecule has 1 aliphatic rings. The molecule has 1 saturated heterocycles. The van der Waals surface area contributed by atoms with Crippen molar-refractivity contribution in [3.63, 3.8) is 0 Å². The zero-order valence-electron chi connectivity index (χ0n) is 9.56. The summed E-state index contributed by atoms with van der Waals surface area (Å²) in [5.74, 6) is 0. The van der Waals surface area contributed by atoms with E-state index >= 15 is 0 Å². The Hall–Kier alpha value is -0.280. The maximum Gasteiger partial charge on any atom is 0.0570 e. The van der Waals surface area contributed by atoms with Crippen LogP contribution >= 0.6 is 23.2 Å². The molecule has 0 aliphatic carbocycles. The minimum atomic E-state index is -0.0556. The Kier molecular flexibility index (Phi) is 3.45. The average Bonchev–Trinajstić information content (AvgIpc) is 2.22. The van der Waals surface area contributed by atoms with E-state index in [1.807, 2.05) is 18.2 Å². The molecule has 0 spiro atoms. The summed E-state index contributed by atoms with van der Waals surface area (Å²) in [6.07, 6.45) is 0. The van der Waals surface area contributed by atoms with Crippen LogP contribution in [0.2, 0.25) is 10.0 Å². The predicted octanol–water partition coefficient (Wildman–Crippen LogP) is 2.74. The second-order valence-corrected chi connectivity index (χ2v) is 5.34. The van der Waals surface area contributed by atoms with E-state index in [2.05, 4.69) is 24.2 Å². The van der Waals surface area contributed by atoms with Crippen LogP contribution in [-0.2, 0) is 5.54 Å². The van der Waals surface area contributed by atoms with Crippen LogP contribution in [0, 0.1) is 0 Å². The first-order chi connectivity index (χ1) is 7.54. The van der Waals surface area contributed by atoms with Crippen LogP contribution in [0.3, 0.4) is 0 Å².